The zero-order valence-corrected chi connectivity index (χ0v) is 20.8. The smallest absolute Gasteiger partial charge is 0.263 e. The molecule has 1 saturated heterocycles. The zero-order chi connectivity index (χ0) is 25.6. The van der Waals surface area contributed by atoms with E-state index < -0.39 is 29.1 Å². The van der Waals surface area contributed by atoms with Gasteiger partial charge in [0, 0.05) is 42.7 Å². The van der Waals surface area contributed by atoms with Crippen LogP contribution in [-0.2, 0) is 0 Å². The van der Waals surface area contributed by atoms with Crippen molar-refractivity contribution >= 4 is 22.5 Å². The van der Waals surface area contributed by atoms with E-state index >= 15 is 0 Å². The number of benzene rings is 1. The molecule has 2 aromatic heterocycles. The molecular formula is C27H31F2N5O2. The van der Waals surface area contributed by atoms with Crippen molar-refractivity contribution in [3.63, 3.8) is 0 Å². The van der Waals surface area contributed by atoms with Crippen LogP contribution in [0.1, 0.15) is 72.4 Å². The van der Waals surface area contributed by atoms with Gasteiger partial charge in [0.2, 0.25) is 0 Å². The molecule has 3 N–H and O–H groups in total. The van der Waals surface area contributed by atoms with Crippen LogP contribution in [0.2, 0.25) is 0 Å². The average Bonchev–Trinajstić information content (AvgIpc) is 3.68. The van der Waals surface area contributed by atoms with E-state index in [1.807, 2.05) is 13.0 Å². The molecule has 3 heterocycles. The number of carbonyl (C=O) groups is 1. The minimum atomic E-state index is -0.986. The maximum Gasteiger partial charge on any atom is 0.263 e. The SMILES string of the molecule is Cc1cc2c(N3CCN[C@@H](C)CC3)c(C(=O)N[C@@H](C)c3ccc(F)c(F)c3)c(=O)[nH]c2c(C2CC2)n1. The van der Waals surface area contributed by atoms with Crippen LogP contribution in [0.3, 0.4) is 0 Å². The van der Waals surface area contributed by atoms with E-state index in [0.717, 1.165) is 54.7 Å². The fraction of sp³-hybridized carbons (Fsp3) is 0.444. The van der Waals surface area contributed by atoms with Crippen molar-refractivity contribution in [3.8, 4) is 0 Å². The highest BCUT2D eigenvalue weighted by Crippen LogP contribution is 2.43. The lowest BCUT2D eigenvalue weighted by molar-refractivity contribution is 0.0939. The molecule has 2 atom stereocenters. The summed E-state index contributed by atoms with van der Waals surface area (Å²) in [6.07, 6.45) is 2.92. The molecule has 36 heavy (non-hydrogen) atoms. The van der Waals surface area contributed by atoms with Crippen molar-refractivity contribution in [2.45, 2.75) is 58.0 Å². The van der Waals surface area contributed by atoms with Gasteiger partial charge in [0.05, 0.1) is 22.9 Å². The number of halogens is 2. The van der Waals surface area contributed by atoms with Crippen LogP contribution in [-0.4, -0.2) is 41.6 Å². The molecule has 0 bridgehead atoms. The average molecular weight is 496 g/mol. The van der Waals surface area contributed by atoms with Crippen LogP contribution in [0.4, 0.5) is 14.5 Å². The first kappa shape index (κ1) is 24.4. The lowest BCUT2D eigenvalue weighted by Crippen LogP contribution is -2.37. The van der Waals surface area contributed by atoms with E-state index in [2.05, 4.69) is 27.4 Å². The Balaban J connectivity index is 1.62. The number of hydrogen-bond donors (Lipinski definition) is 3. The fourth-order valence-corrected chi connectivity index (χ4v) is 4.99. The van der Waals surface area contributed by atoms with Crippen molar-refractivity contribution in [1.82, 2.24) is 20.6 Å². The quantitative estimate of drug-likeness (QED) is 0.497. The van der Waals surface area contributed by atoms with Gasteiger partial charge in [-0.05, 0) is 63.8 Å². The number of H-pyrrole nitrogens is 1. The topological polar surface area (TPSA) is 90.1 Å². The van der Waals surface area contributed by atoms with Gasteiger partial charge in [0.15, 0.2) is 11.6 Å². The number of carbonyl (C=O) groups excluding carboxylic acids is 1. The summed E-state index contributed by atoms with van der Waals surface area (Å²) in [6, 6.07) is 5.13. The lowest BCUT2D eigenvalue weighted by Gasteiger charge is -2.27. The number of pyridine rings is 2. The number of rotatable bonds is 5. The number of aromatic amines is 1. The Morgan fingerprint density at radius 1 is 1.17 bits per heavy atom. The van der Waals surface area contributed by atoms with Gasteiger partial charge in [0.25, 0.3) is 11.5 Å². The lowest BCUT2D eigenvalue weighted by atomic mass is 10.0. The molecule has 9 heteroatoms. The van der Waals surface area contributed by atoms with Crippen LogP contribution >= 0.6 is 0 Å². The third-order valence-electron chi connectivity index (χ3n) is 7.14. The van der Waals surface area contributed by atoms with Crippen LogP contribution in [0, 0.1) is 18.6 Å². The second kappa shape index (κ2) is 9.61. The molecule has 1 saturated carbocycles. The minimum Gasteiger partial charge on any atom is -0.369 e. The van der Waals surface area contributed by atoms with Gasteiger partial charge in [-0.3, -0.25) is 14.6 Å². The van der Waals surface area contributed by atoms with E-state index in [1.165, 1.54) is 6.07 Å². The van der Waals surface area contributed by atoms with Crippen LogP contribution in [0.15, 0.2) is 29.1 Å². The number of aromatic nitrogens is 2. The molecule has 0 radical (unpaired) electrons. The van der Waals surface area contributed by atoms with Crippen LogP contribution in [0.5, 0.6) is 0 Å². The summed E-state index contributed by atoms with van der Waals surface area (Å²) >= 11 is 0. The molecule has 1 aromatic carbocycles. The fourth-order valence-electron chi connectivity index (χ4n) is 4.99. The van der Waals surface area contributed by atoms with Crippen molar-refractivity contribution in [1.29, 1.82) is 0 Å². The molecule has 190 valence electrons. The standard InChI is InChI=1S/C27H31F2N5O2/c1-14-8-10-34(11-9-30-14)25-19-12-15(2)31-23(17-4-5-17)24(19)33-27(36)22(25)26(35)32-16(3)18-6-7-20(28)21(29)13-18/h6-7,12-14,16-17,30H,4-5,8-11H2,1-3H3,(H,32,35)(H,33,36)/t14-,16-/m0/s1. The number of hydrogen-bond acceptors (Lipinski definition) is 5. The molecule has 3 aromatic rings. The Morgan fingerprint density at radius 2 is 1.94 bits per heavy atom. The molecular weight excluding hydrogens is 464 g/mol. The third-order valence-corrected chi connectivity index (χ3v) is 7.14. The molecule has 5 rings (SSSR count). The summed E-state index contributed by atoms with van der Waals surface area (Å²) in [5.41, 5.74) is 2.96. The number of nitrogens with zero attached hydrogens (tertiary/aromatic N) is 2. The summed E-state index contributed by atoms with van der Waals surface area (Å²) < 4.78 is 27.2. The molecule has 0 unspecified atom stereocenters. The van der Waals surface area contributed by atoms with Crippen molar-refractivity contribution in [2.75, 3.05) is 24.5 Å². The van der Waals surface area contributed by atoms with E-state index in [4.69, 9.17) is 4.98 Å². The van der Waals surface area contributed by atoms with Gasteiger partial charge >= 0.3 is 0 Å². The molecule has 7 nitrogen and oxygen atoms in total. The summed E-state index contributed by atoms with van der Waals surface area (Å²) in [5.74, 6) is -2.18. The maximum absolute atomic E-state index is 13.8. The van der Waals surface area contributed by atoms with E-state index in [0.29, 0.717) is 41.8 Å². The first-order valence-electron chi connectivity index (χ1n) is 12.5. The summed E-state index contributed by atoms with van der Waals surface area (Å²) in [6.45, 7) is 7.78. The van der Waals surface area contributed by atoms with E-state index in [1.54, 1.807) is 6.92 Å². The highest BCUT2D eigenvalue weighted by atomic mass is 19.2. The van der Waals surface area contributed by atoms with Crippen LogP contribution < -0.4 is 21.1 Å². The first-order chi connectivity index (χ1) is 17.2. The second-order valence-electron chi connectivity index (χ2n) is 10.0. The number of aryl methyl sites for hydroxylation is 1. The van der Waals surface area contributed by atoms with Crippen molar-refractivity contribution < 1.29 is 13.6 Å². The molecule has 1 amide bonds. The largest absolute Gasteiger partial charge is 0.369 e. The van der Waals surface area contributed by atoms with Crippen LogP contribution in [0.25, 0.3) is 10.9 Å². The predicted octanol–water partition coefficient (Wildman–Crippen LogP) is 4.07. The van der Waals surface area contributed by atoms with Crippen molar-refractivity contribution in [2.24, 2.45) is 0 Å². The Bertz CT molecular complexity index is 1380. The third kappa shape index (κ3) is 4.72. The zero-order valence-electron chi connectivity index (χ0n) is 20.8. The minimum absolute atomic E-state index is 0.0267. The highest BCUT2D eigenvalue weighted by molar-refractivity contribution is 6.08. The van der Waals surface area contributed by atoms with Gasteiger partial charge in [-0.2, -0.15) is 0 Å². The molecule has 2 aliphatic rings. The van der Waals surface area contributed by atoms with Gasteiger partial charge in [-0.25, -0.2) is 8.78 Å². The van der Waals surface area contributed by atoms with Crippen molar-refractivity contribution in [3.05, 3.63) is 68.8 Å². The number of nitrogens with one attached hydrogen (secondary N) is 3. The highest BCUT2D eigenvalue weighted by Gasteiger charge is 2.32. The maximum atomic E-state index is 13.8. The second-order valence-corrected chi connectivity index (χ2v) is 10.0. The molecule has 1 aliphatic heterocycles. The first-order valence-corrected chi connectivity index (χ1v) is 12.5. The van der Waals surface area contributed by atoms with Gasteiger partial charge in [-0.1, -0.05) is 6.07 Å². The molecule has 0 spiro atoms. The summed E-state index contributed by atoms with van der Waals surface area (Å²) in [7, 11) is 0. The number of fused-ring (bicyclic) bond motifs is 1. The van der Waals surface area contributed by atoms with E-state index in [-0.39, 0.29) is 5.56 Å². The van der Waals surface area contributed by atoms with Gasteiger partial charge in [-0.15, -0.1) is 0 Å². The van der Waals surface area contributed by atoms with Gasteiger partial charge < -0.3 is 20.5 Å². The number of anilines is 1. The Hall–Kier alpha value is -3.33. The summed E-state index contributed by atoms with van der Waals surface area (Å²) in [5, 5.41) is 7.10. The molecule has 1 aliphatic carbocycles. The predicted molar refractivity (Wildman–Crippen MR) is 136 cm³/mol. The Kier molecular flexibility index (Phi) is 6.51. The number of amides is 1. The van der Waals surface area contributed by atoms with Gasteiger partial charge in [0.1, 0.15) is 5.56 Å². The monoisotopic (exact) mass is 495 g/mol. The molecule has 2 fully saturated rings. The summed E-state index contributed by atoms with van der Waals surface area (Å²) in [4.78, 5) is 36.9. The normalized spacial score (nSPS) is 19.2. The Morgan fingerprint density at radius 3 is 2.67 bits per heavy atom. The Labute approximate surface area is 208 Å². The van der Waals surface area contributed by atoms with E-state index in [9.17, 15) is 18.4 Å².